The first kappa shape index (κ1) is 14.8. The number of rotatable bonds is 5. The van der Waals surface area contributed by atoms with Crippen LogP contribution >= 0.6 is 15.9 Å². The Kier molecular flexibility index (Phi) is 5.67. The van der Waals surface area contributed by atoms with Crippen LogP contribution in [-0.2, 0) is 11.3 Å². The number of nitrogens with one attached hydrogen (secondary N) is 1. The number of halogens is 1. The fraction of sp³-hybridized carbons (Fsp3) is 0.600. The Morgan fingerprint density at radius 2 is 2.32 bits per heavy atom. The van der Waals surface area contributed by atoms with Gasteiger partial charge in [-0.2, -0.15) is 0 Å². The highest BCUT2D eigenvalue weighted by Gasteiger charge is 2.19. The fourth-order valence-electron chi connectivity index (χ4n) is 2.44. The molecular weight excluding hydrogens is 304 g/mol. The molecular formula is C15H23BrN2O. The third kappa shape index (κ3) is 4.20. The van der Waals surface area contributed by atoms with Gasteiger partial charge in [0.15, 0.2) is 0 Å². The van der Waals surface area contributed by atoms with Crippen molar-refractivity contribution in [3.8, 4) is 0 Å². The maximum atomic E-state index is 5.63. The Morgan fingerprint density at radius 1 is 1.47 bits per heavy atom. The Morgan fingerprint density at radius 3 is 3.05 bits per heavy atom. The molecule has 0 spiro atoms. The van der Waals surface area contributed by atoms with E-state index in [0.717, 1.165) is 43.7 Å². The number of hydrogen-bond acceptors (Lipinski definition) is 3. The van der Waals surface area contributed by atoms with Crippen molar-refractivity contribution in [1.29, 1.82) is 0 Å². The molecule has 1 aromatic rings. The fourth-order valence-corrected chi connectivity index (χ4v) is 2.85. The van der Waals surface area contributed by atoms with E-state index in [1.807, 2.05) is 0 Å². The van der Waals surface area contributed by atoms with Crippen molar-refractivity contribution in [3.63, 3.8) is 0 Å². The summed E-state index contributed by atoms with van der Waals surface area (Å²) in [6, 6.07) is 6.56. The van der Waals surface area contributed by atoms with Crippen LogP contribution in [0.3, 0.4) is 0 Å². The molecule has 106 valence electrons. The zero-order valence-electron chi connectivity index (χ0n) is 11.8. The minimum Gasteiger partial charge on any atom is -0.375 e. The summed E-state index contributed by atoms with van der Waals surface area (Å²) in [5.41, 5.74) is 2.69. The number of nitrogens with zero attached hydrogens (tertiary/aromatic N) is 1. The van der Waals surface area contributed by atoms with Crippen LogP contribution in [0.25, 0.3) is 0 Å². The van der Waals surface area contributed by atoms with Gasteiger partial charge in [0.2, 0.25) is 0 Å². The molecule has 0 aliphatic carbocycles. The average Bonchev–Trinajstić information content (AvgIpc) is 2.39. The molecule has 19 heavy (non-hydrogen) atoms. The van der Waals surface area contributed by atoms with E-state index < -0.39 is 0 Å². The van der Waals surface area contributed by atoms with Crippen LogP contribution in [0.5, 0.6) is 0 Å². The second-order valence-electron chi connectivity index (χ2n) is 5.08. The molecule has 0 bridgehead atoms. The first-order valence-corrected chi connectivity index (χ1v) is 7.85. The second kappa shape index (κ2) is 7.27. The van der Waals surface area contributed by atoms with Gasteiger partial charge in [0.25, 0.3) is 0 Å². The molecule has 0 saturated carbocycles. The van der Waals surface area contributed by atoms with Crippen LogP contribution in [0, 0.1) is 0 Å². The molecule has 4 heteroatoms. The van der Waals surface area contributed by atoms with E-state index in [4.69, 9.17) is 4.74 Å². The van der Waals surface area contributed by atoms with Crippen LogP contribution in [0.1, 0.15) is 25.8 Å². The minimum atomic E-state index is 0.314. The molecule has 1 unspecified atom stereocenters. The number of hydrogen-bond donors (Lipinski definition) is 1. The van der Waals surface area contributed by atoms with Gasteiger partial charge in [0.1, 0.15) is 0 Å². The smallest absolute Gasteiger partial charge is 0.0722 e. The van der Waals surface area contributed by atoms with E-state index in [1.165, 1.54) is 11.3 Å². The maximum Gasteiger partial charge on any atom is 0.0722 e. The average molecular weight is 327 g/mol. The van der Waals surface area contributed by atoms with Gasteiger partial charge >= 0.3 is 0 Å². The van der Waals surface area contributed by atoms with Crippen molar-refractivity contribution in [2.24, 2.45) is 0 Å². The van der Waals surface area contributed by atoms with Gasteiger partial charge in [-0.05, 0) is 43.7 Å². The van der Waals surface area contributed by atoms with Crippen molar-refractivity contribution in [1.82, 2.24) is 5.32 Å². The summed E-state index contributed by atoms with van der Waals surface area (Å²) in [4.78, 5) is 2.43. The summed E-state index contributed by atoms with van der Waals surface area (Å²) in [6.45, 7) is 9.09. The van der Waals surface area contributed by atoms with Gasteiger partial charge in [-0.15, -0.1) is 0 Å². The Hall–Kier alpha value is -0.580. The highest BCUT2D eigenvalue weighted by atomic mass is 79.9. The van der Waals surface area contributed by atoms with Crippen molar-refractivity contribution in [2.45, 2.75) is 32.9 Å². The Labute approximate surface area is 124 Å². The number of anilines is 1. The van der Waals surface area contributed by atoms with E-state index in [1.54, 1.807) is 0 Å². The topological polar surface area (TPSA) is 24.5 Å². The second-order valence-corrected chi connectivity index (χ2v) is 5.99. The lowest BCUT2D eigenvalue weighted by atomic mass is 10.1. The SMILES string of the molecule is CCCNCc1cc(Br)ccc1N1CCOC(C)C1. The van der Waals surface area contributed by atoms with E-state index >= 15 is 0 Å². The third-order valence-corrected chi connectivity index (χ3v) is 3.86. The van der Waals surface area contributed by atoms with Crippen LogP contribution in [-0.4, -0.2) is 32.3 Å². The van der Waals surface area contributed by atoms with Crippen LogP contribution in [0.2, 0.25) is 0 Å². The molecule has 1 aliphatic heterocycles. The Bertz CT molecular complexity index is 411. The van der Waals surface area contributed by atoms with Crippen LogP contribution in [0.4, 0.5) is 5.69 Å². The Balaban J connectivity index is 2.13. The van der Waals surface area contributed by atoms with E-state index in [0.29, 0.717) is 6.10 Å². The molecule has 1 heterocycles. The molecule has 0 amide bonds. The van der Waals surface area contributed by atoms with E-state index in [2.05, 4.69) is 58.2 Å². The van der Waals surface area contributed by atoms with Crippen molar-refractivity contribution >= 4 is 21.6 Å². The molecule has 1 saturated heterocycles. The van der Waals surface area contributed by atoms with Crippen LogP contribution < -0.4 is 10.2 Å². The highest BCUT2D eigenvalue weighted by molar-refractivity contribution is 9.10. The third-order valence-electron chi connectivity index (χ3n) is 3.37. The van der Waals surface area contributed by atoms with Crippen molar-refractivity contribution < 1.29 is 4.74 Å². The molecule has 0 radical (unpaired) electrons. The summed E-state index contributed by atoms with van der Waals surface area (Å²) in [5, 5.41) is 3.49. The molecule has 1 aliphatic rings. The van der Waals surface area contributed by atoms with Gasteiger partial charge < -0.3 is 15.0 Å². The number of morpholine rings is 1. The largest absolute Gasteiger partial charge is 0.375 e. The van der Waals surface area contributed by atoms with E-state index in [9.17, 15) is 0 Å². The number of ether oxygens (including phenoxy) is 1. The predicted molar refractivity (Wildman–Crippen MR) is 83.8 cm³/mol. The van der Waals surface area contributed by atoms with Gasteiger partial charge in [0.05, 0.1) is 12.7 Å². The monoisotopic (exact) mass is 326 g/mol. The van der Waals surface area contributed by atoms with Gasteiger partial charge in [-0.3, -0.25) is 0 Å². The summed E-state index contributed by atoms with van der Waals surface area (Å²) in [7, 11) is 0. The lowest BCUT2D eigenvalue weighted by Gasteiger charge is -2.34. The summed E-state index contributed by atoms with van der Waals surface area (Å²) >= 11 is 3.57. The van der Waals surface area contributed by atoms with Gasteiger partial charge in [0, 0.05) is 29.8 Å². The summed E-state index contributed by atoms with van der Waals surface area (Å²) < 4.78 is 6.77. The first-order valence-electron chi connectivity index (χ1n) is 7.06. The minimum absolute atomic E-state index is 0.314. The molecule has 3 nitrogen and oxygen atoms in total. The summed E-state index contributed by atoms with van der Waals surface area (Å²) in [5.74, 6) is 0. The molecule has 0 aromatic heterocycles. The normalized spacial score (nSPS) is 19.7. The predicted octanol–water partition coefficient (Wildman–Crippen LogP) is 3.17. The molecule has 1 fully saturated rings. The zero-order valence-corrected chi connectivity index (χ0v) is 13.4. The van der Waals surface area contributed by atoms with Crippen LogP contribution in [0.15, 0.2) is 22.7 Å². The summed E-state index contributed by atoms with van der Waals surface area (Å²) in [6.07, 6.45) is 1.48. The molecule has 1 aromatic carbocycles. The maximum absolute atomic E-state index is 5.63. The lowest BCUT2D eigenvalue weighted by molar-refractivity contribution is 0.0531. The van der Waals surface area contributed by atoms with E-state index in [-0.39, 0.29) is 0 Å². The molecule has 2 rings (SSSR count). The quantitative estimate of drug-likeness (QED) is 0.841. The standard InChI is InChI=1S/C15H23BrN2O/c1-3-6-17-10-13-9-14(16)4-5-15(13)18-7-8-19-12(2)11-18/h4-5,9,12,17H,3,6-8,10-11H2,1-2H3. The zero-order chi connectivity index (χ0) is 13.7. The van der Waals surface area contributed by atoms with Crippen molar-refractivity contribution in [2.75, 3.05) is 31.1 Å². The first-order chi connectivity index (χ1) is 9.20. The van der Waals surface area contributed by atoms with Gasteiger partial charge in [-0.1, -0.05) is 22.9 Å². The van der Waals surface area contributed by atoms with Crippen molar-refractivity contribution in [3.05, 3.63) is 28.2 Å². The highest BCUT2D eigenvalue weighted by Crippen LogP contribution is 2.26. The lowest BCUT2D eigenvalue weighted by Crippen LogP contribution is -2.41. The molecule has 1 N–H and O–H groups in total. The van der Waals surface area contributed by atoms with Gasteiger partial charge in [-0.25, -0.2) is 0 Å². The number of benzene rings is 1. The molecule has 1 atom stereocenters.